The average Bonchev–Trinajstić information content (AvgIpc) is 3.00. The van der Waals surface area contributed by atoms with Gasteiger partial charge in [0.2, 0.25) is 0 Å². The molecule has 2 aliphatic rings. The molecule has 1 atom stereocenters. The molecule has 1 unspecified atom stereocenters. The molecule has 6 heteroatoms. The second-order valence-corrected chi connectivity index (χ2v) is 7.65. The van der Waals surface area contributed by atoms with Crippen molar-refractivity contribution in [3.63, 3.8) is 0 Å². The Morgan fingerprint density at radius 3 is 2.86 bits per heavy atom. The minimum absolute atomic E-state index is 0.483. The largest absolute Gasteiger partial charge is 0.316 e. The molecule has 0 amide bonds. The van der Waals surface area contributed by atoms with Crippen molar-refractivity contribution in [2.75, 3.05) is 26.2 Å². The van der Waals surface area contributed by atoms with E-state index in [1.54, 1.807) is 4.31 Å². The van der Waals surface area contributed by atoms with Crippen molar-refractivity contribution in [2.24, 2.45) is 5.92 Å². The van der Waals surface area contributed by atoms with Crippen molar-refractivity contribution in [1.82, 2.24) is 14.3 Å². The van der Waals surface area contributed by atoms with Gasteiger partial charge >= 0.3 is 0 Å². The smallest absolute Gasteiger partial charge is 0.279 e. The molecule has 1 aromatic rings. The van der Waals surface area contributed by atoms with Crippen LogP contribution in [0.15, 0.2) is 24.3 Å². The molecule has 116 valence electrons. The van der Waals surface area contributed by atoms with Gasteiger partial charge in [0.05, 0.1) is 0 Å². The number of fused-ring (bicyclic) bond motifs is 1. The number of nitrogens with one attached hydrogen (secondary N) is 2. The normalized spacial score (nSPS) is 23.1. The Morgan fingerprint density at radius 2 is 2.10 bits per heavy atom. The van der Waals surface area contributed by atoms with Gasteiger partial charge < -0.3 is 5.32 Å². The van der Waals surface area contributed by atoms with E-state index in [2.05, 4.69) is 16.1 Å². The molecule has 1 saturated heterocycles. The maximum Gasteiger partial charge on any atom is 0.279 e. The predicted octanol–water partition coefficient (Wildman–Crippen LogP) is 0.879. The van der Waals surface area contributed by atoms with Gasteiger partial charge in [0.25, 0.3) is 10.2 Å². The number of hydrogen-bond acceptors (Lipinski definition) is 3. The van der Waals surface area contributed by atoms with Crippen LogP contribution in [0.5, 0.6) is 0 Å². The minimum Gasteiger partial charge on any atom is -0.316 e. The van der Waals surface area contributed by atoms with Crippen molar-refractivity contribution in [3.8, 4) is 0 Å². The Balaban J connectivity index is 1.55. The van der Waals surface area contributed by atoms with Crippen LogP contribution in [0.2, 0.25) is 0 Å². The molecule has 21 heavy (non-hydrogen) atoms. The highest BCUT2D eigenvalue weighted by Crippen LogP contribution is 2.20. The van der Waals surface area contributed by atoms with Crippen LogP contribution in [0.25, 0.3) is 0 Å². The van der Waals surface area contributed by atoms with E-state index < -0.39 is 10.2 Å². The number of hydrogen-bond donors (Lipinski definition) is 2. The van der Waals surface area contributed by atoms with Gasteiger partial charge in [-0.05, 0) is 49.4 Å². The van der Waals surface area contributed by atoms with E-state index in [1.165, 1.54) is 5.56 Å². The van der Waals surface area contributed by atoms with E-state index in [0.717, 1.165) is 37.9 Å². The first kappa shape index (κ1) is 15.0. The van der Waals surface area contributed by atoms with Crippen molar-refractivity contribution in [1.29, 1.82) is 0 Å². The number of rotatable bonds is 5. The fraction of sp³-hybridized carbons (Fsp3) is 0.600. The van der Waals surface area contributed by atoms with Gasteiger partial charge in [-0.25, -0.2) is 4.72 Å². The lowest BCUT2D eigenvalue weighted by atomic mass is 10.0. The summed E-state index contributed by atoms with van der Waals surface area (Å²) in [5, 5.41) is 3.31. The Bertz CT molecular complexity index is 582. The lowest BCUT2D eigenvalue weighted by Gasteiger charge is -2.28. The first-order valence-corrected chi connectivity index (χ1v) is 9.11. The molecule has 0 bridgehead atoms. The van der Waals surface area contributed by atoms with E-state index in [4.69, 9.17) is 0 Å². The van der Waals surface area contributed by atoms with Gasteiger partial charge in [-0.2, -0.15) is 12.7 Å². The third kappa shape index (κ3) is 3.63. The van der Waals surface area contributed by atoms with E-state index in [-0.39, 0.29) is 0 Å². The van der Waals surface area contributed by atoms with Crippen LogP contribution in [0.3, 0.4) is 0 Å². The first-order chi connectivity index (χ1) is 10.1. The predicted molar refractivity (Wildman–Crippen MR) is 83.1 cm³/mol. The molecule has 1 fully saturated rings. The van der Waals surface area contributed by atoms with Crippen LogP contribution >= 0.6 is 0 Å². The van der Waals surface area contributed by atoms with Crippen LogP contribution in [-0.2, 0) is 23.2 Å². The number of nitrogens with zero attached hydrogens (tertiary/aromatic N) is 1. The van der Waals surface area contributed by atoms with Crippen molar-refractivity contribution in [3.05, 3.63) is 35.4 Å². The molecule has 0 aromatic heterocycles. The Hall–Kier alpha value is -0.950. The third-order valence-electron chi connectivity index (χ3n) is 4.43. The molecular weight excluding hydrogens is 286 g/mol. The highest BCUT2D eigenvalue weighted by Gasteiger charge is 2.26. The van der Waals surface area contributed by atoms with Crippen LogP contribution in [0, 0.1) is 5.92 Å². The van der Waals surface area contributed by atoms with Gasteiger partial charge in [0, 0.05) is 19.6 Å². The zero-order chi connectivity index (χ0) is 14.7. The summed E-state index contributed by atoms with van der Waals surface area (Å²) >= 11 is 0. The summed E-state index contributed by atoms with van der Waals surface area (Å²) in [6.07, 6.45) is 2.86. The SMILES string of the molecule is O=S(=O)(NCCC1CCNC1)N1CCc2ccccc2C1. The molecule has 0 aliphatic carbocycles. The summed E-state index contributed by atoms with van der Waals surface area (Å²) in [5.74, 6) is 0.606. The fourth-order valence-corrected chi connectivity index (χ4v) is 4.32. The number of benzene rings is 1. The second kappa shape index (κ2) is 6.44. The van der Waals surface area contributed by atoms with E-state index >= 15 is 0 Å². The monoisotopic (exact) mass is 309 g/mol. The molecule has 2 N–H and O–H groups in total. The Kier molecular flexibility index (Phi) is 4.59. The molecule has 2 aliphatic heterocycles. The van der Waals surface area contributed by atoms with Crippen LogP contribution in [0.4, 0.5) is 0 Å². The van der Waals surface area contributed by atoms with Gasteiger partial charge in [0.1, 0.15) is 0 Å². The van der Waals surface area contributed by atoms with Crippen molar-refractivity contribution >= 4 is 10.2 Å². The molecule has 5 nitrogen and oxygen atoms in total. The van der Waals surface area contributed by atoms with Crippen LogP contribution in [-0.4, -0.2) is 38.9 Å². The fourth-order valence-electron chi connectivity index (χ4n) is 3.12. The maximum absolute atomic E-state index is 12.4. The quantitative estimate of drug-likeness (QED) is 0.849. The minimum atomic E-state index is -3.35. The summed E-state index contributed by atoms with van der Waals surface area (Å²) in [7, 11) is -3.35. The average molecular weight is 309 g/mol. The topological polar surface area (TPSA) is 61.4 Å². The molecule has 0 radical (unpaired) electrons. The van der Waals surface area contributed by atoms with Gasteiger partial charge in [0.15, 0.2) is 0 Å². The summed E-state index contributed by atoms with van der Waals surface area (Å²) in [6.45, 7) is 3.65. The van der Waals surface area contributed by atoms with Gasteiger partial charge in [-0.1, -0.05) is 24.3 Å². The molecule has 0 saturated carbocycles. The second-order valence-electron chi connectivity index (χ2n) is 5.90. The van der Waals surface area contributed by atoms with E-state index in [9.17, 15) is 8.42 Å². The van der Waals surface area contributed by atoms with Crippen molar-refractivity contribution in [2.45, 2.75) is 25.8 Å². The lowest BCUT2D eigenvalue weighted by molar-refractivity contribution is 0.382. The summed E-state index contributed by atoms with van der Waals surface area (Å²) in [6, 6.07) is 8.08. The Morgan fingerprint density at radius 1 is 1.29 bits per heavy atom. The van der Waals surface area contributed by atoms with Crippen molar-refractivity contribution < 1.29 is 8.42 Å². The molecule has 0 spiro atoms. The van der Waals surface area contributed by atoms with Gasteiger partial charge in [-0.15, -0.1) is 0 Å². The maximum atomic E-state index is 12.4. The van der Waals surface area contributed by atoms with Crippen LogP contribution < -0.4 is 10.0 Å². The highest BCUT2D eigenvalue weighted by molar-refractivity contribution is 7.87. The van der Waals surface area contributed by atoms with E-state index in [1.807, 2.05) is 18.2 Å². The van der Waals surface area contributed by atoms with Crippen LogP contribution in [0.1, 0.15) is 24.0 Å². The lowest BCUT2D eigenvalue weighted by Crippen LogP contribution is -2.43. The first-order valence-electron chi connectivity index (χ1n) is 7.67. The molecule has 2 heterocycles. The molecule has 1 aromatic carbocycles. The standard InChI is InChI=1S/C15H23N3O2S/c19-21(20,17-9-6-13-5-8-16-11-13)18-10-7-14-3-1-2-4-15(14)12-18/h1-4,13,16-17H,5-12H2. The Labute approximate surface area is 126 Å². The summed E-state index contributed by atoms with van der Waals surface area (Å²) in [5.41, 5.74) is 2.38. The third-order valence-corrected chi connectivity index (χ3v) is 6.00. The molecule has 3 rings (SSSR count). The van der Waals surface area contributed by atoms with E-state index in [0.29, 0.717) is 25.6 Å². The summed E-state index contributed by atoms with van der Waals surface area (Å²) < 4.78 is 29.1. The summed E-state index contributed by atoms with van der Waals surface area (Å²) in [4.78, 5) is 0. The highest BCUT2D eigenvalue weighted by atomic mass is 32.2. The molecular formula is C15H23N3O2S. The van der Waals surface area contributed by atoms with Gasteiger partial charge in [-0.3, -0.25) is 0 Å². The zero-order valence-electron chi connectivity index (χ0n) is 12.2. The zero-order valence-corrected chi connectivity index (χ0v) is 13.0.